The van der Waals surface area contributed by atoms with E-state index >= 15 is 0 Å². The SMILES string of the molecule is Cc1cc(N(CC(=O)NC[C@@H]2CCCO2)S(C)(=O)=O)ccc1Br. The lowest BCUT2D eigenvalue weighted by atomic mass is 10.2. The van der Waals surface area contributed by atoms with E-state index in [1.54, 1.807) is 18.2 Å². The molecule has 1 atom stereocenters. The molecule has 6 nitrogen and oxygen atoms in total. The van der Waals surface area contributed by atoms with E-state index in [1.807, 2.05) is 6.92 Å². The zero-order chi connectivity index (χ0) is 17.0. The van der Waals surface area contributed by atoms with Crippen LogP contribution in [0.4, 0.5) is 5.69 Å². The zero-order valence-corrected chi connectivity index (χ0v) is 15.6. The molecule has 2 rings (SSSR count). The van der Waals surface area contributed by atoms with Crippen molar-refractivity contribution in [3.63, 3.8) is 0 Å². The van der Waals surface area contributed by atoms with Crippen LogP contribution >= 0.6 is 15.9 Å². The van der Waals surface area contributed by atoms with Gasteiger partial charge >= 0.3 is 0 Å². The summed E-state index contributed by atoms with van der Waals surface area (Å²) in [5, 5.41) is 2.74. The Bertz CT molecular complexity index is 672. The van der Waals surface area contributed by atoms with E-state index in [9.17, 15) is 13.2 Å². The maximum atomic E-state index is 12.1. The maximum absolute atomic E-state index is 12.1. The van der Waals surface area contributed by atoms with Gasteiger partial charge in [0.2, 0.25) is 15.9 Å². The summed E-state index contributed by atoms with van der Waals surface area (Å²) in [6.45, 7) is 2.75. The van der Waals surface area contributed by atoms with E-state index in [0.29, 0.717) is 18.8 Å². The molecule has 0 aromatic heterocycles. The first kappa shape index (κ1) is 18.2. The smallest absolute Gasteiger partial charge is 0.240 e. The van der Waals surface area contributed by atoms with Gasteiger partial charge in [-0.2, -0.15) is 0 Å². The van der Waals surface area contributed by atoms with Crippen molar-refractivity contribution in [1.29, 1.82) is 0 Å². The van der Waals surface area contributed by atoms with Crippen molar-refractivity contribution in [2.45, 2.75) is 25.9 Å². The lowest BCUT2D eigenvalue weighted by Crippen LogP contribution is -2.42. The van der Waals surface area contributed by atoms with Crippen LogP contribution in [-0.2, 0) is 19.6 Å². The molecule has 0 aliphatic carbocycles. The Kier molecular flexibility index (Phi) is 6.05. The average molecular weight is 405 g/mol. The highest BCUT2D eigenvalue weighted by molar-refractivity contribution is 9.10. The second-order valence-corrected chi connectivity index (χ2v) is 8.40. The first-order valence-corrected chi connectivity index (χ1v) is 10.0. The van der Waals surface area contributed by atoms with Crippen LogP contribution in [0.15, 0.2) is 22.7 Å². The van der Waals surface area contributed by atoms with Gasteiger partial charge in [-0.3, -0.25) is 9.10 Å². The number of halogens is 1. The fourth-order valence-corrected chi connectivity index (χ4v) is 3.50. The van der Waals surface area contributed by atoms with E-state index in [2.05, 4.69) is 21.2 Å². The van der Waals surface area contributed by atoms with Crippen molar-refractivity contribution >= 4 is 37.5 Å². The monoisotopic (exact) mass is 404 g/mol. The molecular weight excluding hydrogens is 384 g/mol. The molecule has 23 heavy (non-hydrogen) atoms. The molecule has 128 valence electrons. The maximum Gasteiger partial charge on any atom is 0.240 e. The van der Waals surface area contributed by atoms with Gasteiger partial charge in [-0.25, -0.2) is 8.42 Å². The summed E-state index contributed by atoms with van der Waals surface area (Å²) < 4.78 is 31.5. The summed E-state index contributed by atoms with van der Waals surface area (Å²) >= 11 is 3.38. The van der Waals surface area contributed by atoms with Crippen molar-refractivity contribution < 1.29 is 17.9 Å². The predicted molar refractivity (Wildman–Crippen MR) is 93.1 cm³/mol. The fourth-order valence-electron chi connectivity index (χ4n) is 2.40. The van der Waals surface area contributed by atoms with Crippen molar-refractivity contribution in [3.05, 3.63) is 28.2 Å². The van der Waals surface area contributed by atoms with Gasteiger partial charge in [0.25, 0.3) is 0 Å². The number of rotatable bonds is 6. The zero-order valence-electron chi connectivity index (χ0n) is 13.2. The largest absolute Gasteiger partial charge is 0.376 e. The molecule has 1 aliphatic heterocycles. The van der Waals surface area contributed by atoms with Crippen LogP contribution in [0.2, 0.25) is 0 Å². The van der Waals surface area contributed by atoms with Gasteiger partial charge < -0.3 is 10.1 Å². The lowest BCUT2D eigenvalue weighted by molar-refractivity contribution is -0.120. The third kappa shape index (κ3) is 5.19. The molecule has 0 bridgehead atoms. The van der Waals surface area contributed by atoms with Crippen LogP contribution < -0.4 is 9.62 Å². The Morgan fingerprint density at radius 1 is 1.48 bits per heavy atom. The lowest BCUT2D eigenvalue weighted by Gasteiger charge is -2.23. The van der Waals surface area contributed by atoms with Crippen LogP contribution in [0.25, 0.3) is 0 Å². The minimum atomic E-state index is -3.55. The number of nitrogens with zero attached hydrogens (tertiary/aromatic N) is 1. The summed E-state index contributed by atoms with van der Waals surface area (Å²) in [4.78, 5) is 12.1. The number of anilines is 1. The van der Waals surface area contributed by atoms with Crippen molar-refractivity contribution in [2.24, 2.45) is 0 Å². The minimum Gasteiger partial charge on any atom is -0.376 e. The number of hydrogen-bond acceptors (Lipinski definition) is 4. The third-order valence-electron chi connectivity index (χ3n) is 3.67. The summed E-state index contributed by atoms with van der Waals surface area (Å²) in [6.07, 6.45) is 3.04. The van der Waals surface area contributed by atoms with Crippen molar-refractivity contribution in [2.75, 3.05) is 30.3 Å². The van der Waals surface area contributed by atoms with Crippen LogP contribution in [0.3, 0.4) is 0 Å². The molecule has 0 radical (unpaired) electrons. The summed E-state index contributed by atoms with van der Waals surface area (Å²) in [5.74, 6) is -0.341. The third-order valence-corrected chi connectivity index (χ3v) is 5.70. The number of sulfonamides is 1. The minimum absolute atomic E-state index is 0.0283. The number of ether oxygens (including phenoxy) is 1. The highest BCUT2D eigenvalue weighted by atomic mass is 79.9. The Morgan fingerprint density at radius 2 is 2.22 bits per heavy atom. The molecular formula is C15H21BrN2O4S. The van der Waals surface area contributed by atoms with Crippen LogP contribution in [0.5, 0.6) is 0 Å². The molecule has 0 spiro atoms. The highest BCUT2D eigenvalue weighted by Crippen LogP contribution is 2.24. The second-order valence-electron chi connectivity index (χ2n) is 5.64. The molecule has 1 amide bonds. The van der Waals surface area contributed by atoms with E-state index in [4.69, 9.17) is 4.74 Å². The van der Waals surface area contributed by atoms with Gasteiger partial charge in [-0.15, -0.1) is 0 Å². The van der Waals surface area contributed by atoms with Gasteiger partial charge in [0.1, 0.15) is 6.54 Å². The van der Waals surface area contributed by atoms with Gasteiger partial charge in [0.05, 0.1) is 18.0 Å². The van der Waals surface area contributed by atoms with Crippen LogP contribution in [-0.4, -0.2) is 46.4 Å². The number of carbonyl (C=O) groups is 1. The number of hydrogen-bond donors (Lipinski definition) is 1. The van der Waals surface area contributed by atoms with E-state index in [0.717, 1.165) is 33.4 Å². The Labute approximate surface area is 145 Å². The van der Waals surface area contributed by atoms with Crippen LogP contribution in [0.1, 0.15) is 18.4 Å². The quantitative estimate of drug-likeness (QED) is 0.784. The molecule has 8 heteroatoms. The van der Waals surface area contributed by atoms with Gasteiger partial charge in [-0.1, -0.05) is 15.9 Å². The highest BCUT2D eigenvalue weighted by Gasteiger charge is 2.22. The van der Waals surface area contributed by atoms with Crippen molar-refractivity contribution in [1.82, 2.24) is 5.32 Å². The summed E-state index contributed by atoms with van der Waals surface area (Å²) in [5.41, 5.74) is 1.37. The van der Waals surface area contributed by atoms with Gasteiger partial charge in [0.15, 0.2) is 0 Å². The summed E-state index contributed by atoms with van der Waals surface area (Å²) in [6, 6.07) is 5.18. The molecule has 1 saturated heterocycles. The normalized spacial score (nSPS) is 18.0. The molecule has 1 fully saturated rings. The van der Waals surface area contributed by atoms with Gasteiger partial charge in [0, 0.05) is 17.6 Å². The number of amides is 1. The molecule has 0 unspecified atom stereocenters. The predicted octanol–water partition coefficient (Wildman–Crippen LogP) is 1.82. The van der Waals surface area contributed by atoms with Crippen molar-refractivity contribution in [3.8, 4) is 0 Å². The standard InChI is InChI=1S/C15H21BrN2O4S/c1-11-8-12(5-6-14(11)16)18(23(2,20)21)10-15(19)17-9-13-4-3-7-22-13/h5-6,8,13H,3-4,7,9-10H2,1-2H3,(H,17,19)/t13-/m0/s1. The second kappa shape index (κ2) is 7.63. The number of carbonyl (C=O) groups excluding carboxylic acids is 1. The van der Waals surface area contributed by atoms with E-state index < -0.39 is 10.0 Å². The van der Waals surface area contributed by atoms with Crippen LogP contribution in [0, 0.1) is 6.92 Å². The van der Waals surface area contributed by atoms with Gasteiger partial charge in [-0.05, 0) is 43.5 Å². The van der Waals surface area contributed by atoms with E-state index in [1.165, 1.54) is 0 Å². The Hall–Kier alpha value is -1.12. The molecule has 1 heterocycles. The molecule has 1 aromatic carbocycles. The topological polar surface area (TPSA) is 75.7 Å². The molecule has 1 aliphatic rings. The average Bonchev–Trinajstić information content (AvgIpc) is 2.98. The Balaban J connectivity index is 2.06. The molecule has 1 N–H and O–H groups in total. The number of nitrogens with one attached hydrogen (secondary N) is 1. The Morgan fingerprint density at radius 3 is 2.78 bits per heavy atom. The first-order chi connectivity index (χ1) is 10.8. The fraction of sp³-hybridized carbons (Fsp3) is 0.533. The molecule has 1 aromatic rings. The summed E-state index contributed by atoms with van der Waals surface area (Å²) in [7, 11) is -3.55. The number of benzene rings is 1. The van der Waals surface area contributed by atoms with E-state index in [-0.39, 0.29) is 18.6 Å². The number of aryl methyl sites for hydroxylation is 1. The first-order valence-electron chi connectivity index (χ1n) is 7.39. The molecule has 0 saturated carbocycles.